The van der Waals surface area contributed by atoms with Crippen LogP contribution in [0.3, 0.4) is 0 Å². The number of nitrogens with one attached hydrogen (secondary N) is 1. The molecule has 0 saturated heterocycles. The molecule has 0 heterocycles. The van der Waals surface area contributed by atoms with Crippen molar-refractivity contribution in [3.05, 3.63) is 29.3 Å². The predicted octanol–water partition coefficient (Wildman–Crippen LogP) is 1.63. The zero-order chi connectivity index (χ0) is 14.4. The highest BCUT2D eigenvalue weighted by Crippen LogP contribution is 2.28. The lowest BCUT2D eigenvalue weighted by atomic mass is 10.1. The predicted molar refractivity (Wildman–Crippen MR) is 73.9 cm³/mol. The molecule has 0 spiro atoms. The molecule has 20 heavy (non-hydrogen) atoms. The molecule has 1 aliphatic rings. The number of nitrogens with zero attached hydrogens (tertiary/aromatic N) is 2. The van der Waals surface area contributed by atoms with E-state index in [1.54, 1.807) is 18.2 Å². The van der Waals surface area contributed by atoms with E-state index >= 15 is 0 Å². The average Bonchev–Trinajstić information content (AvgIpc) is 3.29. The lowest BCUT2D eigenvalue weighted by Crippen LogP contribution is -2.25. The van der Waals surface area contributed by atoms with Gasteiger partial charge in [0.15, 0.2) is 0 Å². The molecule has 5 heteroatoms. The second-order valence-corrected chi connectivity index (χ2v) is 5.00. The van der Waals surface area contributed by atoms with Gasteiger partial charge < -0.3 is 15.2 Å². The van der Waals surface area contributed by atoms with E-state index in [9.17, 15) is 5.11 Å². The quantitative estimate of drug-likeness (QED) is 0.786. The first-order valence-electron chi connectivity index (χ1n) is 6.67. The second-order valence-electron chi connectivity index (χ2n) is 5.00. The van der Waals surface area contributed by atoms with Crippen LogP contribution in [0.25, 0.3) is 0 Å². The Bertz CT molecular complexity index is 541. The number of nitriles is 2. The van der Waals surface area contributed by atoms with Crippen molar-refractivity contribution in [2.75, 3.05) is 25.1 Å². The molecule has 0 amide bonds. The fourth-order valence-electron chi connectivity index (χ4n) is 1.79. The summed E-state index contributed by atoms with van der Waals surface area (Å²) in [5.41, 5.74) is 1.39. The average molecular weight is 271 g/mol. The summed E-state index contributed by atoms with van der Waals surface area (Å²) >= 11 is 0. The summed E-state index contributed by atoms with van der Waals surface area (Å²) < 4.78 is 5.40. The van der Waals surface area contributed by atoms with Crippen molar-refractivity contribution in [3.63, 3.8) is 0 Å². The lowest BCUT2D eigenvalue weighted by molar-refractivity contribution is 0.0386. The van der Waals surface area contributed by atoms with Crippen LogP contribution >= 0.6 is 0 Å². The molecular weight excluding hydrogens is 254 g/mol. The fraction of sp³-hybridized carbons (Fsp3) is 0.467. The molecule has 5 nitrogen and oxygen atoms in total. The Morgan fingerprint density at radius 3 is 2.70 bits per heavy atom. The number of benzene rings is 1. The fourth-order valence-corrected chi connectivity index (χ4v) is 1.79. The van der Waals surface area contributed by atoms with Crippen LogP contribution in [0.4, 0.5) is 5.69 Å². The van der Waals surface area contributed by atoms with Crippen molar-refractivity contribution < 1.29 is 9.84 Å². The van der Waals surface area contributed by atoms with Gasteiger partial charge in [-0.05, 0) is 37.0 Å². The minimum atomic E-state index is -0.588. The Labute approximate surface area is 118 Å². The molecule has 0 bridgehead atoms. The SMILES string of the molecule is N#Cc1ccc(NCC(O)COCC2CC2)cc1C#N. The van der Waals surface area contributed by atoms with E-state index in [-0.39, 0.29) is 0 Å². The molecule has 0 radical (unpaired) electrons. The zero-order valence-corrected chi connectivity index (χ0v) is 11.2. The summed E-state index contributed by atoms with van der Waals surface area (Å²) in [4.78, 5) is 0. The van der Waals surface area contributed by atoms with Gasteiger partial charge in [-0.2, -0.15) is 10.5 Å². The maximum absolute atomic E-state index is 9.77. The molecule has 1 saturated carbocycles. The topological polar surface area (TPSA) is 89.1 Å². The molecule has 2 rings (SSSR count). The van der Waals surface area contributed by atoms with Gasteiger partial charge in [-0.3, -0.25) is 0 Å². The molecular formula is C15H17N3O2. The Morgan fingerprint density at radius 2 is 2.05 bits per heavy atom. The van der Waals surface area contributed by atoms with Crippen LogP contribution in [0.5, 0.6) is 0 Å². The lowest BCUT2D eigenvalue weighted by Gasteiger charge is -2.13. The van der Waals surface area contributed by atoms with E-state index < -0.39 is 6.10 Å². The summed E-state index contributed by atoms with van der Waals surface area (Å²) in [5, 5.41) is 30.6. The van der Waals surface area contributed by atoms with Gasteiger partial charge in [-0.15, -0.1) is 0 Å². The first-order chi connectivity index (χ1) is 9.72. The van der Waals surface area contributed by atoms with Crippen LogP contribution in [0.1, 0.15) is 24.0 Å². The highest BCUT2D eigenvalue weighted by molar-refractivity contribution is 5.56. The van der Waals surface area contributed by atoms with E-state index in [0.717, 1.165) is 6.61 Å². The molecule has 1 aromatic carbocycles. The number of ether oxygens (including phenoxy) is 1. The van der Waals surface area contributed by atoms with Crippen molar-refractivity contribution in [2.24, 2.45) is 5.92 Å². The number of rotatable bonds is 7. The smallest absolute Gasteiger partial charge is 0.101 e. The van der Waals surface area contributed by atoms with Crippen molar-refractivity contribution in [3.8, 4) is 12.1 Å². The van der Waals surface area contributed by atoms with Gasteiger partial charge in [0.05, 0.1) is 23.8 Å². The second kappa shape index (κ2) is 6.91. The third-order valence-electron chi connectivity index (χ3n) is 3.16. The summed E-state index contributed by atoms with van der Waals surface area (Å²) in [6.45, 7) is 1.39. The van der Waals surface area contributed by atoms with Crippen molar-refractivity contribution >= 4 is 5.69 Å². The van der Waals surface area contributed by atoms with Gasteiger partial charge >= 0.3 is 0 Å². The minimum Gasteiger partial charge on any atom is -0.389 e. The highest BCUT2D eigenvalue weighted by Gasteiger charge is 2.21. The van der Waals surface area contributed by atoms with Crippen LogP contribution in [-0.2, 0) is 4.74 Å². The number of aliphatic hydroxyl groups excluding tert-OH is 1. The third kappa shape index (κ3) is 4.24. The van der Waals surface area contributed by atoms with Crippen LogP contribution in [0.15, 0.2) is 18.2 Å². The van der Waals surface area contributed by atoms with Gasteiger partial charge in [-0.1, -0.05) is 0 Å². The van der Waals surface area contributed by atoms with Crippen molar-refractivity contribution in [2.45, 2.75) is 18.9 Å². The van der Waals surface area contributed by atoms with E-state index in [0.29, 0.717) is 35.9 Å². The van der Waals surface area contributed by atoms with Gasteiger partial charge in [-0.25, -0.2) is 0 Å². The summed E-state index contributed by atoms with van der Waals surface area (Å²) in [6.07, 6.45) is 1.88. The first-order valence-corrected chi connectivity index (χ1v) is 6.67. The number of anilines is 1. The Hall–Kier alpha value is -2.08. The molecule has 0 aromatic heterocycles. The third-order valence-corrected chi connectivity index (χ3v) is 3.16. The molecule has 2 N–H and O–H groups in total. The Morgan fingerprint density at radius 1 is 1.30 bits per heavy atom. The first kappa shape index (κ1) is 14.3. The van der Waals surface area contributed by atoms with Crippen LogP contribution < -0.4 is 5.32 Å². The molecule has 1 aliphatic carbocycles. The Balaban J connectivity index is 1.78. The molecule has 1 atom stereocenters. The van der Waals surface area contributed by atoms with Gasteiger partial charge in [0.25, 0.3) is 0 Å². The standard InChI is InChI=1S/C15H17N3O2/c16-6-12-3-4-14(5-13(12)7-17)18-8-15(19)10-20-9-11-1-2-11/h3-5,11,15,18-19H,1-2,8-10H2. The Kier molecular flexibility index (Phi) is 4.95. The maximum Gasteiger partial charge on any atom is 0.101 e. The van der Waals surface area contributed by atoms with E-state index in [1.807, 2.05) is 12.1 Å². The van der Waals surface area contributed by atoms with Gasteiger partial charge in [0, 0.05) is 18.8 Å². The summed E-state index contributed by atoms with van der Waals surface area (Å²) in [7, 11) is 0. The largest absolute Gasteiger partial charge is 0.389 e. The normalized spacial score (nSPS) is 15.2. The van der Waals surface area contributed by atoms with E-state index in [1.165, 1.54) is 12.8 Å². The van der Waals surface area contributed by atoms with E-state index in [2.05, 4.69) is 5.32 Å². The zero-order valence-electron chi connectivity index (χ0n) is 11.2. The van der Waals surface area contributed by atoms with Crippen molar-refractivity contribution in [1.82, 2.24) is 0 Å². The summed E-state index contributed by atoms with van der Waals surface area (Å²) in [5.74, 6) is 0.687. The van der Waals surface area contributed by atoms with Crippen LogP contribution in [0.2, 0.25) is 0 Å². The van der Waals surface area contributed by atoms with Gasteiger partial charge in [0.1, 0.15) is 12.1 Å². The van der Waals surface area contributed by atoms with Crippen molar-refractivity contribution in [1.29, 1.82) is 10.5 Å². The van der Waals surface area contributed by atoms with Gasteiger partial charge in [0.2, 0.25) is 0 Å². The highest BCUT2D eigenvalue weighted by atomic mass is 16.5. The number of hydrogen-bond acceptors (Lipinski definition) is 5. The minimum absolute atomic E-state index is 0.310. The molecule has 1 fully saturated rings. The van der Waals surface area contributed by atoms with Crippen LogP contribution in [-0.4, -0.2) is 31.0 Å². The molecule has 104 valence electrons. The maximum atomic E-state index is 9.77. The monoisotopic (exact) mass is 271 g/mol. The molecule has 0 aliphatic heterocycles. The molecule has 1 aromatic rings. The number of hydrogen-bond donors (Lipinski definition) is 2. The summed E-state index contributed by atoms with van der Waals surface area (Å²) in [6, 6.07) is 8.86. The van der Waals surface area contributed by atoms with E-state index in [4.69, 9.17) is 15.3 Å². The molecule has 1 unspecified atom stereocenters. The van der Waals surface area contributed by atoms with Crippen LogP contribution in [0, 0.1) is 28.6 Å². The number of aliphatic hydroxyl groups is 1.